The molecule has 0 fully saturated rings. The normalized spacial score (nSPS) is 10.8. The van der Waals surface area contributed by atoms with E-state index in [2.05, 4.69) is 20.9 Å². The van der Waals surface area contributed by atoms with Gasteiger partial charge < -0.3 is 5.11 Å². The van der Waals surface area contributed by atoms with Crippen LogP contribution < -0.4 is 0 Å². The molecule has 0 bridgehead atoms. The van der Waals surface area contributed by atoms with E-state index in [1.165, 1.54) is 6.92 Å². The van der Waals surface area contributed by atoms with Crippen molar-refractivity contribution < 1.29 is 18.7 Å². The molecule has 0 atom stereocenters. The van der Waals surface area contributed by atoms with Crippen LogP contribution in [-0.2, 0) is 16.5 Å². The van der Waals surface area contributed by atoms with Crippen molar-refractivity contribution in [2.45, 2.75) is 25.1 Å². The molecule has 0 saturated heterocycles. The molecule has 1 rings (SSSR count). The van der Waals surface area contributed by atoms with E-state index in [1.807, 2.05) is 0 Å². The topological polar surface area (TPSA) is 50.2 Å². The van der Waals surface area contributed by atoms with Gasteiger partial charge in [-0.25, -0.2) is 8.78 Å². The monoisotopic (exact) mass is 293 g/mol. The first-order chi connectivity index (χ1) is 7.45. The van der Waals surface area contributed by atoms with Crippen molar-refractivity contribution in [3.8, 4) is 0 Å². The third-order valence-corrected chi connectivity index (χ3v) is 2.69. The highest BCUT2D eigenvalue weighted by molar-refractivity contribution is 9.08. The second-order valence-electron chi connectivity index (χ2n) is 3.30. The average molecular weight is 294 g/mol. The average Bonchev–Trinajstić information content (AvgIpc) is 2.18. The molecule has 0 unspecified atom stereocenters. The second-order valence-corrected chi connectivity index (χ2v) is 3.86. The van der Waals surface area contributed by atoms with E-state index in [1.54, 1.807) is 6.07 Å². The summed E-state index contributed by atoms with van der Waals surface area (Å²) in [4.78, 5) is 14.3. The van der Waals surface area contributed by atoms with Gasteiger partial charge in [0.15, 0.2) is 0 Å². The fraction of sp³-hybridized carbons (Fsp3) is 0.400. The first-order valence-corrected chi connectivity index (χ1v) is 5.63. The maximum absolute atomic E-state index is 12.6. The van der Waals surface area contributed by atoms with E-state index in [9.17, 15) is 13.6 Å². The lowest BCUT2D eigenvalue weighted by molar-refractivity contribution is -0.136. The van der Waals surface area contributed by atoms with Gasteiger partial charge in [0, 0.05) is 5.33 Å². The van der Waals surface area contributed by atoms with Crippen molar-refractivity contribution in [3.63, 3.8) is 0 Å². The van der Waals surface area contributed by atoms with E-state index in [4.69, 9.17) is 5.11 Å². The van der Waals surface area contributed by atoms with Crippen LogP contribution >= 0.6 is 15.9 Å². The van der Waals surface area contributed by atoms with Gasteiger partial charge in [0.05, 0.1) is 12.1 Å². The number of aliphatic carboxylic acids is 1. The molecule has 3 nitrogen and oxygen atoms in total. The van der Waals surface area contributed by atoms with Gasteiger partial charge in [-0.15, -0.1) is 0 Å². The van der Waals surface area contributed by atoms with Crippen molar-refractivity contribution in [1.29, 1.82) is 0 Å². The number of halogens is 3. The van der Waals surface area contributed by atoms with E-state index in [-0.39, 0.29) is 17.8 Å². The fourth-order valence-electron chi connectivity index (χ4n) is 1.36. The van der Waals surface area contributed by atoms with Crippen LogP contribution in [0, 0.1) is 6.92 Å². The SMILES string of the molecule is Cc1cc(CBr)c(CC(=O)O)nc1C(F)F. The number of carboxylic acids is 1. The summed E-state index contributed by atoms with van der Waals surface area (Å²) in [5.41, 5.74) is 0.842. The van der Waals surface area contributed by atoms with Crippen molar-refractivity contribution >= 4 is 21.9 Å². The number of carboxylic acid groups (broad SMARTS) is 1. The molecule has 0 aliphatic heterocycles. The van der Waals surface area contributed by atoms with Gasteiger partial charge in [-0.3, -0.25) is 9.78 Å². The van der Waals surface area contributed by atoms with Gasteiger partial charge in [0.2, 0.25) is 0 Å². The number of alkyl halides is 3. The minimum atomic E-state index is -2.68. The zero-order valence-electron chi connectivity index (χ0n) is 8.51. The maximum Gasteiger partial charge on any atom is 0.309 e. The van der Waals surface area contributed by atoms with Crippen LogP contribution in [0.2, 0.25) is 0 Å². The zero-order chi connectivity index (χ0) is 12.3. The summed E-state index contributed by atoms with van der Waals surface area (Å²) in [5, 5.41) is 9.04. The number of aryl methyl sites for hydroxylation is 1. The van der Waals surface area contributed by atoms with Gasteiger partial charge in [0.25, 0.3) is 6.43 Å². The Balaban J connectivity index is 3.22. The van der Waals surface area contributed by atoms with Gasteiger partial charge in [-0.2, -0.15) is 0 Å². The Morgan fingerprint density at radius 1 is 1.62 bits per heavy atom. The molecule has 88 valence electrons. The lowest BCUT2D eigenvalue weighted by atomic mass is 10.1. The summed E-state index contributed by atoms with van der Waals surface area (Å²) in [5.74, 6) is -1.08. The summed E-state index contributed by atoms with van der Waals surface area (Å²) in [6, 6.07) is 1.54. The summed E-state index contributed by atoms with van der Waals surface area (Å²) in [6.07, 6.45) is -3.03. The highest BCUT2D eigenvalue weighted by Crippen LogP contribution is 2.24. The molecule has 1 aromatic rings. The molecule has 16 heavy (non-hydrogen) atoms. The molecule has 1 aromatic heterocycles. The highest BCUT2D eigenvalue weighted by Gasteiger charge is 2.17. The van der Waals surface area contributed by atoms with Gasteiger partial charge >= 0.3 is 5.97 Å². The molecule has 0 aliphatic rings. The minimum absolute atomic E-state index is 0.185. The van der Waals surface area contributed by atoms with Crippen molar-refractivity contribution in [3.05, 3.63) is 28.6 Å². The number of pyridine rings is 1. The smallest absolute Gasteiger partial charge is 0.309 e. The first-order valence-electron chi connectivity index (χ1n) is 4.51. The molecule has 0 aliphatic carbocycles. The standard InChI is InChI=1S/C10H10BrF2NO2/c1-5-2-6(4-11)7(3-8(15)16)14-9(5)10(12)13/h2,10H,3-4H2,1H3,(H,15,16). The highest BCUT2D eigenvalue weighted by atomic mass is 79.9. The predicted molar refractivity (Wildman–Crippen MR) is 57.9 cm³/mol. The Labute approximate surface area is 99.6 Å². The number of hydrogen-bond donors (Lipinski definition) is 1. The number of nitrogens with zero attached hydrogens (tertiary/aromatic N) is 1. The molecule has 0 amide bonds. The van der Waals surface area contributed by atoms with Crippen LogP contribution in [0.15, 0.2) is 6.07 Å². The van der Waals surface area contributed by atoms with Gasteiger partial charge in [-0.1, -0.05) is 22.0 Å². The molecule has 0 aromatic carbocycles. The van der Waals surface area contributed by atoms with Crippen LogP contribution in [0.25, 0.3) is 0 Å². The van der Waals surface area contributed by atoms with Crippen LogP contribution in [0.4, 0.5) is 8.78 Å². The van der Waals surface area contributed by atoms with Crippen LogP contribution in [0.3, 0.4) is 0 Å². The Morgan fingerprint density at radius 3 is 2.69 bits per heavy atom. The second kappa shape index (κ2) is 5.34. The molecule has 0 radical (unpaired) electrons. The third kappa shape index (κ3) is 2.98. The van der Waals surface area contributed by atoms with E-state index < -0.39 is 12.4 Å². The predicted octanol–water partition coefficient (Wildman–Crippen LogP) is 2.85. The number of rotatable bonds is 4. The summed E-state index contributed by atoms with van der Waals surface area (Å²) in [6.45, 7) is 1.53. The Morgan fingerprint density at radius 2 is 2.25 bits per heavy atom. The molecular formula is C10H10BrF2NO2. The Hall–Kier alpha value is -1.04. The molecular weight excluding hydrogens is 284 g/mol. The molecule has 0 spiro atoms. The fourth-order valence-corrected chi connectivity index (χ4v) is 1.84. The lowest BCUT2D eigenvalue weighted by Gasteiger charge is -2.10. The first kappa shape index (κ1) is 13.0. The van der Waals surface area contributed by atoms with Crippen molar-refractivity contribution in [2.24, 2.45) is 0 Å². The summed E-state index contributed by atoms with van der Waals surface area (Å²) >= 11 is 3.17. The maximum atomic E-state index is 12.6. The molecule has 0 saturated carbocycles. The van der Waals surface area contributed by atoms with Crippen molar-refractivity contribution in [1.82, 2.24) is 4.98 Å². The largest absolute Gasteiger partial charge is 0.481 e. The Bertz CT molecular complexity index is 410. The van der Waals surface area contributed by atoms with Crippen LogP contribution in [0.5, 0.6) is 0 Å². The van der Waals surface area contributed by atoms with Gasteiger partial charge in [0.1, 0.15) is 5.69 Å². The molecule has 6 heteroatoms. The Kier molecular flexibility index (Phi) is 4.35. The van der Waals surface area contributed by atoms with E-state index in [0.29, 0.717) is 16.5 Å². The quantitative estimate of drug-likeness (QED) is 0.869. The summed E-state index contributed by atoms with van der Waals surface area (Å²) in [7, 11) is 0. The zero-order valence-corrected chi connectivity index (χ0v) is 10.1. The molecule has 1 heterocycles. The van der Waals surface area contributed by atoms with E-state index >= 15 is 0 Å². The minimum Gasteiger partial charge on any atom is -0.481 e. The number of aromatic nitrogens is 1. The number of carbonyl (C=O) groups is 1. The van der Waals surface area contributed by atoms with Gasteiger partial charge in [-0.05, 0) is 18.1 Å². The molecule has 1 N–H and O–H groups in total. The lowest BCUT2D eigenvalue weighted by Crippen LogP contribution is -2.09. The van der Waals surface area contributed by atoms with Crippen LogP contribution in [-0.4, -0.2) is 16.1 Å². The number of hydrogen-bond acceptors (Lipinski definition) is 2. The summed E-state index contributed by atoms with van der Waals surface area (Å²) < 4.78 is 25.1. The third-order valence-electron chi connectivity index (χ3n) is 2.09. The van der Waals surface area contributed by atoms with E-state index in [0.717, 1.165) is 0 Å². The van der Waals surface area contributed by atoms with Crippen LogP contribution in [0.1, 0.15) is 28.9 Å². The van der Waals surface area contributed by atoms with Crippen molar-refractivity contribution in [2.75, 3.05) is 0 Å².